The van der Waals surface area contributed by atoms with Crippen molar-refractivity contribution in [3.8, 4) is 17.1 Å². The van der Waals surface area contributed by atoms with Gasteiger partial charge in [-0.1, -0.05) is 24.2 Å². The molecule has 9 nitrogen and oxygen atoms in total. The Morgan fingerprint density at radius 3 is 2.39 bits per heavy atom. The molecule has 164 valence electrons. The van der Waals surface area contributed by atoms with Crippen LogP contribution in [0.15, 0.2) is 53.1 Å². The summed E-state index contributed by atoms with van der Waals surface area (Å²) in [7, 11) is -2.06. The molecule has 0 fully saturated rings. The molecule has 1 aromatic heterocycles. The van der Waals surface area contributed by atoms with Gasteiger partial charge in [0.1, 0.15) is 12.3 Å². The Morgan fingerprint density at radius 1 is 1.13 bits per heavy atom. The zero-order valence-corrected chi connectivity index (χ0v) is 18.3. The van der Waals surface area contributed by atoms with Gasteiger partial charge in [-0.2, -0.15) is 4.98 Å². The minimum atomic E-state index is -3.64. The molecule has 1 N–H and O–H groups in total. The van der Waals surface area contributed by atoms with Gasteiger partial charge >= 0.3 is 0 Å². The number of nitrogens with one attached hydrogen (secondary N) is 1. The van der Waals surface area contributed by atoms with Gasteiger partial charge in [-0.05, 0) is 48.4 Å². The first kappa shape index (κ1) is 22.3. The fourth-order valence-corrected chi connectivity index (χ4v) is 3.70. The first-order valence-corrected chi connectivity index (χ1v) is 11.5. The van der Waals surface area contributed by atoms with E-state index in [0.29, 0.717) is 17.3 Å². The van der Waals surface area contributed by atoms with E-state index in [1.54, 1.807) is 43.5 Å². The molecule has 0 bridgehead atoms. The second kappa shape index (κ2) is 9.61. The van der Waals surface area contributed by atoms with Crippen molar-refractivity contribution in [2.45, 2.75) is 19.9 Å². The van der Waals surface area contributed by atoms with Crippen molar-refractivity contribution in [2.24, 2.45) is 0 Å². The first-order valence-electron chi connectivity index (χ1n) is 9.60. The third kappa shape index (κ3) is 5.82. The molecule has 0 atom stereocenters. The van der Waals surface area contributed by atoms with E-state index in [2.05, 4.69) is 15.5 Å². The van der Waals surface area contributed by atoms with Crippen LogP contribution in [0.4, 0.5) is 5.69 Å². The van der Waals surface area contributed by atoms with Crippen LogP contribution >= 0.6 is 0 Å². The fraction of sp³-hybridized carbons (Fsp3) is 0.286. The minimum absolute atomic E-state index is 0.0195. The second-order valence-electron chi connectivity index (χ2n) is 6.81. The number of aromatic nitrogens is 2. The van der Waals surface area contributed by atoms with Crippen LogP contribution in [0, 0.1) is 0 Å². The monoisotopic (exact) mass is 444 g/mol. The Labute approximate surface area is 181 Å². The number of ether oxygens (including phenoxy) is 1. The first-order chi connectivity index (χ1) is 14.8. The number of rotatable bonds is 9. The predicted molar refractivity (Wildman–Crippen MR) is 116 cm³/mol. The van der Waals surface area contributed by atoms with Gasteiger partial charge < -0.3 is 14.6 Å². The smallest absolute Gasteiger partial charge is 0.246 e. The molecule has 0 aliphatic heterocycles. The van der Waals surface area contributed by atoms with E-state index >= 15 is 0 Å². The van der Waals surface area contributed by atoms with E-state index < -0.39 is 15.9 Å². The Morgan fingerprint density at radius 2 is 1.81 bits per heavy atom. The Balaban J connectivity index is 1.63. The van der Waals surface area contributed by atoms with Gasteiger partial charge in [-0.15, -0.1) is 0 Å². The van der Waals surface area contributed by atoms with Crippen LogP contribution in [-0.4, -0.2) is 44.4 Å². The average Bonchev–Trinajstić information content (AvgIpc) is 3.24. The van der Waals surface area contributed by atoms with Crippen molar-refractivity contribution >= 4 is 21.6 Å². The Bertz CT molecular complexity index is 1130. The van der Waals surface area contributed by atoms with Crippen molar-refractivity contribution in [2.75, 3.05) is 24.2 Å². The molecule has 3 rings (SSSR count). The standard InChI is InChI=1S/C21H24N4O5S/c1-4-15-5-9-17(10-6-15)25(31(3,27)28)14-19(26)22-13-20-23-21(24-30-20)16-7-11-18(29-2)12-8-16/h5-12H,4,13-14H2,1-3H3,(H,22,26). The van der Waals surface area contributed by atoms with Gasteiger partial charge in [0.2, 0.25) is 27.6 Å². The third-order valence-corrected chi connectivity index (χ3v) is 5.71. The maximum Gasteiger partial charge on any atom is 0.246 e. The lowest BCUT2D eigenvalue weighted by atomic mass is 10.1. The highest BCUT2D eigenvalue weighted by molar-refractivity contribution is 7.92. The lowest BCUT2D eigenvalue weighted by Crippen LogP contribution is -2.40. The molecule has 1 amide bonds. The lowest BCUT2D eigenvalue weighted by molar-refractivity contribution is -0.119. The topological polar surface area (TPSA) is 115 Å². The molecule has 3 aromatic rings. The van der Waals surface area contributed by atoms with Crippen LogP contribution in [0.1, 0.15) is 18.4 Å². The number of hydrogen-bond acceptors (Lipinski definition) is 7. The van der Waals surface area contributed by atoms with Gasteiger partial charge in [-0.3, -0.25) is 9.10 Å². The van der Waals surface area contributed by atoms with E-state index in [4.69, 9.17) is 9.26 Å². The highest BCUT2D eigenvalue weighted by Crippen LogP contribution is 2.20. The largest absolute Gasteiger partial charge is 0.497 e. The molecule has 0 aliphatic carbocycles. The highest BCUT2D eigenvalue weighted by atomic mass is 32.2. The summed E-state index contributed by atoms with van der Waals surface area (Å²) in [5.74, 6) is 0.798. The summed E-state index contributed by atoms with van der Waals surface area (Å²) in [6.45, 7) is 1.63. The Hall–Kier alpha value is -3.40. The van der Waals surface area contributed by atoms with Gasteiger partial charge in [0.15, 0.2) is 0 Å². The molecule has 0 saturated carbocycles. The number of carbonyl (C=O) groups is 1. The molecule has 1 heterocycles. The van der Waals surface area contributed by atoms with E-state index in [-0.39, 0.29) is 19.0 Å². The number of aryl methyl sites for hydroxylation is 1. The van der Waals surface area contributed by atoms with Crippen LogP contribution < -0.4 is 14.4 Å². The SMILES string of the molecule is CCc1ccc(N(CC(=O)NCc2nc(-c3ccc(OC)cc3)no2)S(C)(=O)=O)cc1. The quantitative estimate of drug-likeness (QED) is 0.539. The third-order valence-electron chi connectivity index (χ3n) is 4.57. The number of sulfonamides is 1. The summed E-state index contributed by atoms with van der Waals surface area (Å²) in [6, 6.07) is 14.2. The molecular formula is C21H24N4O5S. The summed E-state index contributed by atoms with van der Waals surface area (Å²) in [5.41, 5.74) is 2.24. The van der Waals surface area contributed by atoms with Crippen LogP contribution in [0.25, 0.3) is 11.4 Å². The van der Waals surface area contributed by atoms with Gasteiger partial charge in [0.05, 0.1) is 25.6 Å². The zero-order chi connectivity index (χ0) is 22.4. The molecule has 0 aliphatic rings. The minimum Gasteiger partial charge on any atom is -0.497 e. The summed E-state index contributed by atoms with van der Waals surface area (Å²) < 4.78 is 35.7. The van der Waals surface area contributed by atoms with Crippen molar-refractivity contribution in [3.63, 3.8) is 0 Å². The normalized spacial score (nSPS) is 11.2. The molecule has 0 unspecified atom stereocenters. The molecule has 2 aromatic carbocycles. The number of nitrogens with zero attached hydrogens (tertiary/aromatic N) is 3. The molecule has 31 heavy (non-hydrogen) atoms. The number of methoxy groups -OCH3 is 1. The van der Waals surface area contributed by atoms with E-state index in [1.165, 1.54) is 0 Å². The highest BCUT2D eigenvalue weighted by Gasteiger charge is 2.21. The number of anilines is 1. The number of hydrogen-bond donors (Lipinski definition) is 1. The maximum absolute atomic E-state index is 12.4. The van der Waals surface area contributed by atoms with Crippen LogP contribution in [0.5, 0.6) is 5.75 Å². The summed E-state index contributed by atoms with van der Waals surface area (Å²) in [4.78, 5) is 16.6. The van der Waals surface area contributed by atoms with Gasteiger partial charge in [0, 0.05) is 5.56 Å². The van der Waals surface area contributed by atoms with E-state index in [9.17, 15) is 13.2 Å². The van der Waals surface area contributed by atoms with Crippen molar-refractivity contribution in [1.29, 1.82) is 0 Å². The Kier molecular flexibility index (Phi) is 6.91. The van der Waals surface area contributed by atoms with Crippen molar-refractivity contribution in [3.05, 3.63) is 60.0 Å². The molecule has 10 heteroatoms. The van der Waals surface area contributed by atoms with E-state index in [0.717, 1.165) is 28.1 Å². The van der Waals surface area contributed by atoms with Crippen molar-refractivity contribution < 1.29 is 22.5 Å². The number of benzene rings is 2. The zero-order valence-electron chi connectivity index (χ0n) is 17.5. The summed E-state index contributed by atoms with van der Waals surface area (Å²) in [6.07, 6.45) is 1.90. The molecule has 0 radical (unpaired) electrons. The summed E-state index contributed by atoms with van der Waals surface area (Å²) >= 11 is 0. The van der Waals surface area contributed by atoms with Gasteiger partial charge in [0.25, 0.3) is 0 Å². The van der Waals surface area contributed by atoms with Crippen LogP contribution in [0.2, 0.25) is 0 Å². The van der Waals surface area contributed by atoms with Crippen LogP contribution in [0.3, 0.4) is 0 Å². The maximum atomic E-state index is 12.4. The fourth-order valence-electron chi connectivity index (χ4n) is 2.84. The van der Waals surface area contributed by atoms with Gasteiger partial charge in [-0.25, -0.2) is 8.42 Å². The number of amides is 1. The van der Waals surface area contributed by atoms with Crippen LogP contribution in [-0.2, 0) is 27.8 Å². The average molecular weight is 445 g/mol. The second-order valence-corrected chi connectivity index (χ2v) is 8.71. The van der Waals surface area contributed by atoms with Crippen molar-refractivity contribution in [1.82, 2.24) is 15.5 Å². The number of carbonyl (C=O) groups excluding carboxylic acids is 1. The summed E-state index contributed by atoms with van der Waals surface area (Å²) in [5, 5.41) is 6.52. The lowest BCUT2D eigenvalue weighted by Gasteiger charge is -2.22. The molecule has 0 saturated heterocycles. The van der Waals surface area contributed by atoms with E-state index in [1.807, 2.05) is 19.1 Å². The predicted octanol–water partition coefficient (Wildman–Crippen LogP) is 2.39. The molecule has 0 spiro atoms. The molecular weight excluding hydrogens is 420 g/mol.